The number of halogens is 2. The molecule has 0 saturated heterocycles. The maximum absolute atomic E-state index is 5.17. The van der Waals surface area contributed by atoms with Gasteiger partial charge in [0.15, 0.2) is 0 Å². The van der Waals surface area contributed by atoms with Crippen LogP contribution >= 0.6 is 26.9 Å². The number of hydrogen-bond acceptors (Lipinski definition) is 4. The summed E-state index contributed by atoms with van der Waals surface area (Å²) in [4.78, 5) is 0. The van der Waals surface area contributed by atoms with Crippen molar-refractivity contribution >= 4 is 26.9 Å². The molecular weight excluding hydrogens is 322 g/mol. The standard InChI is InChI=1S/2BrH.4H2N.Pd/h2*1H;4*1H2;/q;;4*-1;+6/p-2. The molecule has 0 fully saturated rings. The van der Waals surface area contributed by atoms with Gasteiger partial charge in [-0.1, -0.05) is 0 Å². The molecule has 0 unspecified atom stereocenters. The molecule has 0 spiro atoms. The third kappa shape index (κ3) is 104. The first-order valence-corrected chi connectivity index (χ1v) is 11.7. The average molecular weight is 330 g/mol. The van der Waals surface area contributed by atoms with Crippen molar-refractivity contribution in [3.63, 3.8) is 0 Å². The maximum atomic E-state index is 5.17. The SMILES string of the molecule is [NH2][Pd]([NH2])([NH2])([NH2])([Br])[Br]. The van der Waals surface area contributed by atoms with E-state index in [0.29, 0.717) is 0 Å². The Bertz CT molecular complexity index is 68.3. The molecule has 0 aliphatic carbocycles. The molecule has 0 saturated carbocycles. The van der Waals surface area contributed by atoms with Gasteiger partial charge in [0.25, 0.3) is 0 Å². The Morgan fingerprint density at radius 1 is 0.857 bits per heavy atom. The fraction of sp³-hybridized carbons (Fsp3) is 0. The summed E-state index contributed by atoms with van der Waals surface area (Å²) in [6.45, 7) is 0. The molecule has 0 radical (unpaired) electrons. The molecule has 0 bridgehead atoms. The van der Waals surface area contributed by atoms with Crippen LogP contribution in [-0.2, 0) is 10.0 Å². The number of rotatable bonds is 0. The number of nitrogens with two attached hydrogens (primary N) is 4. The zero-order valence-electron chi connectivity index (χ0n) is 3.38. The van der Waals surface area contributed by atoms with Crippen LogP contribution in [0.15, 0.2) is 0 Å². The molecular formula is H8Br2N4Pd. The third-order valence-electron chi connectivity index (χ3n) is 0. The molecule has 0 aromatic heterocycles. The fourth-order valence-corrected chi connectivity index (χ4v) is 0. The van der Waals surface area contributed by atoms with Gasteiger partial charge in [0, 0.05) is 0 Å². The van der Waals surface area contributed by atoms with Crippen LogP contribution in [0, 0.1) is 0 Å². The van der Waals surface area contributed by atoms with Gasteiger partial charge in [-0.15, -0.1) is 0 Å². The van der Waals surface area contributed by atoms with Gasteiger partial charge in [0.1, 0.15) is 0 Å². The first-order valence-electron chi connectivity index (χ1n) is 0.969. The summed E-state index contributed by atoms with van der Waals surface area (Å²) in [5, 5.41) is 0. The van der Waals surface area contributed by atoms with Crippen molar-refractivity contribution in [2.45, 2.75) is 0 Å². The van der Waals surface area contributed by atoms with E-state index >= 15 is 0 Å². The second kappa shape index (κ2) is 1.15. The average Bonchev–Trinajstić information content (AvgIpc) is 0.592. The van der Waals surface area contributed by atoms with E-state index in [-0.39, 0.29) is 0 Å². The quantitative estimate of drug-likeness (QED) is 0.442. The van der Waals surface area contributed by atoms with Gasteiger partial charge in [-0.2, -0.15) is 0 Å². The van der Waals surface area contributed by atoms with Crippen molar-refractivity contribution in [3.05, 3.63) is 0 Å². The molecule has 4 nitrogen and oxygen atoms in total. The van der Waals surface area contributed by atoms with E-state index in [1.165, 1.54) is 0 Å². The second-order valence-electron chi connectivity index (χ2n) is 1.23. The molecule has 0 aliphatic heterocycles. The van der Waals surface area contributed by atoms with Gasteiger partial charge < -0.3 is 0 Å². The minimum absolute atomic E-state index is 2.77. The van der Waals surface area contributed by atoms with E-state index in [1.807, 2.05) is 0 Å². The molecule has 0 rings (SSSR count). The van der Waals surface area contributed by atoms with Crippen molar-refractivity contribution < 1.29 is 10.0 Å². The van der Waals surface area contributed by atoms with E-state index < -0.39 is 10.0 Å². The zero-order chi connectivity index (χ0) is 6.41. The molecule has 52 valence electrons. The summed E-state index contributed by atoms with van der Waals surface area (Å²) in [5.74, 6) is 0. The van der Waals surface area contributed by atoms with Crippen LogP contribution in [0.1, 0.15) is 0 Å². The Morgan fingerprint density at radius 2 is 0.857 bits per heavy atom. The zero-order valence-corrected chi connectivity index (χ0v) is 8.11. The number of hydrogen-bond donors (Lipinski definition) is 4. The van der Waals surface area contributed by atoms with Crippen LogP contribution < -0.4 is 17.5 Å². The van der Waals surface area contributed by atoms with Gasteiger partial charge in [-0.25, -0.2) is 0 Å². The third-order valence-corrected chi connectivity index (χ3v) is 0. The van der Waals surface area contributed by atoms with Crippen LogP contribution in [0.3, 0.4) is 0 Å². The summed E-state index contributed by atoms with van der Waals surface area (Å²) in [6.07, 6.45) is 0. The Hall–Kier alpha value is 1.46. The monoisotopic (exact) mass is 328 g/mol. The Balaban J connectivity index is 4.43. The van der Waals surface area contributed by atoms with Crippen molar-refractivity contribution in [2.75, 3.05) is 0 Å². The van der Waals surface area contributed by atoms with E-state index in [0.717, 1.165) is 0 Å². The van der Waals surface area contributed by atoms with Gasteiger partial charge in [-0.3, -0.25) is 0 Å². The fourth-order valence-electron chi connectivity index (χ4n) is 0. The second-order valence-corrected chi connectivity index (χ2v) is 27.9. The molecule has 0 aromatic carbocycles. The van der Waals surface area contributed by atoms with Gasteiger partial charge in [0.05, 0.1) is 0 Å². The van der Waals surface area contributed by atoms with Crippen LogP contribution in [0.4, 0.5) is 0 Å². The molecule has 0 amide bonds. The van der Waals surface area contributed by atoms with Crippen molar-refractivity contribution in [2.24, 2.45) is 17.5 Å². The summed E-state index contributed by atoms with van der Waals surface area (Å²) in [7, 11) is -4.29. The Labute approximate surface area is 54.1 Å². The predicted molar refractivity (Wildman–Crippen MR) is 34.6 cm³/mol. The van der Waals surface area contributed by atoms with Crippen LogP contribution in [0.5, 0.6) is 0 Å². The normalized spacial score (nSPS) is 23.1. The Kier molecular flexibility index (Phi) is 1.39. The van der Waals surface area contributed by atoms with Crippen molar-refractivity contribution in [1.29, 1.82) is 0 Å². The van der Waals surface area contributed by atoms with E-state index in [2.05, 4.69) is 26.9 Å². The van der Waals surface area contributed by atoms with Gasteiger partial charge in [-0.05, 0) is 0 Å². The molecule has 8 N–H and O–H groups in total. The Morgan fingerprint density at radius 3 is 0.857 bits per heavy atom. The minimum atomic E-state index is -4.29. The van der Waals surface area contributed by atoms with Crippen LogP contribution in [0.2, 0.25) is 0 Å². The molecule has 0 aromatic rings. The molecule has 7 heteroatoms. The molecule has 0 aliphatic rings. The summed E-state index contributed by atoms with van der Waals surface area (Å²) < 4.78 is 20.7. The summed E-state index contributed by atoms with van der Waals surface area (Å²) >= 11 is 5.55. The predicted octanol–water partition coefficient (Wildman–Crippen LogP) is -0.674. The van der Waals surface area contributed by atoms with Crippen molar-refractivity contribution in [1.82, 2.24) is 0 Å². The van der Waals surface area contributed by atoms with Gasteiger partial charge >= 0.3 is 54.4 Å². The van der Waals surface area contributed by atoms with E-state index in [9.17, 15) is 0 Å². The molecule has 0 heterocycles. The van der Waals surface area contributed by atoms with Gasteiger partial charge in [0.2, 0.25) is 0 Å². The van der Waals surface area contributed by atoms with Crippen molar-refractivity contribution in [3.8, 4) is 0 Å². The molecule has 7 heavy (non-hydrogen) atoms. The van der Waals surface area contributed by atoms with Crippen LogP contribution in [-0.4, -0.2) is 0 Å². The topological polar surface area (TPSA) is 104 Å². The first kappa shape index (κ1) is 8.46. The van der Waals surface area contributed by atoms with E-state index in [1.54, 1.807) is 0 Å². The summed E-state index contributed by atoms with van der Waals surface area (Å²) in [6, 6.07) is 0. The first-order chi connectivity index (χ1) is 2.45. The molecule has 0 atom stereocenters. The van der Waals surface area contributed by atoms with E-state index in [4.69, 9.17) is 17.5 Å². The van der Waals surface area contributed by atoms with Crippen LogP contribution in [0.25, 0.3) is 0 Å². The summed E-state index contributed by atoms with van der Waals surface area (Å²) in [5.41, 5.74) is 0.